The summed E-state index contributed by atoms with van der Waals surface area (Å²) in [7, 11) is 0. The van der Waals surface area contributed by atoms with Crippen molar-refractivity contribution in [3.05, 3.63) is 0 Å². The molecule has 1 rings (SSSR count). The van der Waals surface area contributed by atoms with E-state index in [2.05, 4.69) is 10.6 Å². The predicted molar refractivity (Wildman–Crippen MR) is 63.1 cm³/mol. The summed E-state index contributed by atoms with van der Waals surface area (Å²) in [5, 5.41) is 5.46. The molecule has 0 saturated heterocycles. The summed E-state index contributed by atoms with van der Waals surface area (Å²) >= 11 is 4.90. The fourth-order valence-electron chi connectivity index (χ4n) is 1.21. The number of hydrogen-bond donors (Lipinski definition) is 2. The molecule has 5 nitrogen and oxygen atoms in total. The number of alkyl carbamates (subject to hydrolysis) is 1. The lowest BCUT2D eigenvalue weighted by molar-refractivity contribution is -0.124. The Hall–Kier alpha value is -1.17. The molecule has 1 amide bonds. The first-order valence-corrected chi connectivity index (χ1v) is 5.49. The van der Waals surface area contributed by atoms with Crippen molar-refractivity contribution in [3.63, 3.8) is 0 Å². The maximum Gasteiger partial charge on any atom is 0.413 e. The second-order valence-electron chi connectivity index (χ2n) is 4.74. The summed E-state index contributed by atoms with van der Waals surface area (Å²) in [6.07, 6.45) is 0.349. The molecular formula is C10H16N2O3S. The molecular weight excluding hydrogens is 228 g/mol. The van der Waals surface area contributed by atoms with Crippen molar-refractivity contribution >= 4 is 29.2 Å². The zero-order valence-electron chi connectivity index (χ0n) is 9.62. The monoisotopic (exact) mass is 244 g/mol. The van der Waals surface area contributed by atoms with Crippen molar-refractivity contribution in [2.75, 3.05) is 0 Å². The van der Waals surface area contributed by atoms with E-state index in [1.165, 1.54) is 0 Å². The second kappa shape index (κ2) is 4.78. The molecule has 6 heteroatoms. The summed E-state index contributed by atoms with van der Waals surface area (Å²) in [5.74, 6) is 0.206. The quantitative estimate of drug-likeness (QED) is 0.676. The average molecular weight is 244 g/mol. The highest BCUT2D eigenvalue weighted by Gasteiger charge is 2.27. The fourth-order valence-corrected chi connectivity index (χ4v) is 1.46. The highest BCUT2D eigenvalue weighted by atomic mass is 32.1. The van der Waals surface area contributed by atoms with Gasteiger partial charge in [0.25, 0.3) is 0 Å². The van der Waals surface area contributed by atoms with E-state index in [1.54, 1.807) is 20.8 Å². The van der Waals surface area contributed by atoms with Crippen molar-refractivity contribution in [3.8, 4) is 0 Å². The third-order valence-electron chi connectivity index (χ3n) is 1.90. The van der Waals surface area contributed by atoms with Crippen LogP contribution in [0.1, 0.15) is 33.6 Å². The van der Waals surface area contributed by atoms with Crippen LogP contribution in [0, 0.1) is 0 Å². The van der Waals surface area contributed by atoms with Crippen LogP contribution in [0.2, 0.25) is 0 Å². The van der Waals surface area contributed by atoms with Gasteiger partial charge in [-0.1, -0.05) is 0 Å². The standard InChI is InChI=1S/C10H16N2O3S/c1-10(2,3)15-9(14)12-8(16)11-6-4-7(13)5-6/h6H,4-5H2,1-3H3,(H2,11,12,14,16). The fraction of sp³-hybridized carbons (Fsp3) is 0.700. The first kappa shape index (κ1) is 12.9. The summed E-state index contributed by atoms with van der Waals surface area (Å²) < 4.78 is 5.02. The molecule has 2 N–H and O–H groups in total. The first-order chi connectivity index (χ1) is 7.26. The molecule has 0 spiro atoms. The number of hydrogen-bond acceptors (Lipinski definition) is 4. The van der Waals surface area contributed by atoms with Gasteiger partial charge in [-0.3, -0.25) is 10.1 Å². The van der Waals surface area contributed by atoms with Crippen molar-refractivity contribution in [1.82, 2.24) is 10.6 Å². The van der Waals surface area contributed by atoms with Crippen molar-refractivity contribution in [1.29, 1.82) is 0 Å². The van der Waals surface area contributed by atoms with Gasteiger partial charge in [0.2, 0.25) is 0 Å². The van der Waals surface area contributed by atoms with Crippen LogP contribution < -0.4 is 10.6 Å². The first-order valence-electron chi connectivity index (χ1n) is 5.08. The summed E-state index contributed by atoms with van der Waals surface area (Å²) in [5.41, 5.74) is -0.549. The molecule has 0 radical (unpaired) electrons. The van der Waals surface area contributed by atoms with Crippen LogP contribution in [0.3, 0.4) is 0 Å². The molecule has 0 aromatic rings. The molecule has 0 bridgehead atoms. The number of amides is 1. The van der Waals surface area contributed by atoms with E-state index in [4.69, 9.17) is 17.0 Å². The Morgan fingerprint density at radius 3 is 2.44 bits per heavy atom. The van der Waals surface area contributed by atoms with Crippen LogP contribution in [0.5, 0.6) is 0 Å². The summed E-state index contributed by atoms with van der Waals surface area (Å²) in [4.78, 5) is 22.0. The topological polar surface area (TPSA) is 67.4 Å². The SMILES string of the molecule is CC(C)(C)OC(=O)NC(=S)NC1CC(=O)C1. The third kappa shape index (κ3) is 4.57. The van der Waals surface area contributed by atoms with Gasteiger partial charge in [0.1, 0.15) is 11.4 Å². The van der Waals surface area contributed by atoms with Gasteiger partial charge in [-0.25, -0.2) is 4.79 Å². The van der Waals surface area contributed by atoms with Gasteiger partial charge in [0.15, 0.2) is 5.11 Å². The van der Waals surface area contributed by atoms with Crippen LogP contribution >= 0.6 is 12.2 Å². The van der Waals surface area contributed by atoms with E-state index < -0.39 is 11.7 Å². The van der Waals surface area contributed by atoms with Crippen molar-refractivity contribution < 1.29 is 14.3 Å². The van der Waals surface area contributed by atoms with Gasteiger partial charge < -0.3 is 10.1 Å². The van der Waals surface area contributed by atoms with E-state index in [1.807, 2.05) is 0 Å². The minimum absolute atomic E-state index is 0.0509. The second-order valence-corrected chi connectivity index (χ2v) is 5.15. The van der Waals surface area contributed by atoms with Crippen molar-refractivity contribution in [2.45, 2.75) is 45.3 Å². The van der Waals surface area contributed by atoms with Gasteiger partial charge >= 0.3 is 6.09 Å². The molecule has 0 aromatic carbocycles. The lowest BCUT2D eigenvalue weighted by atomic mass is 9.92. The molecule has 0 atom stereocenters. The summed E-state index contributed by atoms with van der Waals surface area (Å²) in [6, 6.07) is 0.0509. The average Bonchev–Trinajstić information content (AvgIpc) is 1.96. The highest BCUT2D eigenvalue weighted by Crippen LogP contribution is 2.13. The van der Waals surface area contributed by atoms with Crippen LogP contribution in [-0.2, 0) is 9.53 Å². The minimum atomic E-state index is -0.587. The van der Waals surface area contributed by atoms with Crippen molar-refractivity contribution in [2.24, 2.45) is 0 Å². The zero-order valence-corrected chi connectivity index (χ0v) is 10.4. The molecule has 1 saturated carbocycles. The van der Waals surface area contributed by atoms with Gasteiger partial charge in [0.05, 0.1) is 0 Å². The predicted octanol–water partition coefficient (Wildman–Crippen LogP) is 1.12. The Labute approximate surface area is 99.9 Å². The Balaban J connectivity index is 2.23. The molecule has 1 aliphatic rings. The zero-order chi connectivity index (χ0) is 12.3. The van der Waals surface area contributed by atoms with Gasteiger partial charge in [-0.05, 0) is 33.0 Å². The molecule has 1 fully saturated rings. The van der Waals surface area contributed by atoms with Gasteiger partial charge in [-0.2, -0.15) is 0 Å². The lowest BCUT2D eigenvalue weighted by Crippen LogP contribution is -2.50. The Kier molecular flexibility index (Phi) is 3.85. The van der Waals surface area contributed by atoms with Crippen LogP contribution in [0.15, 0.2) is 0 Å². The lowest BCUT2D eigenvalue weighted by Gasteiger charge is -2.26. The van der Waals surface area contributed by atoms with E-state index in [-0.39, 0.29) is 16.9 Å². The molecule has 0 heterocycles. The number of ketones is 1. The Morgan fingerprint density at radius 1 is 1.44 bits per heavy atom. The Bertz CT molecular complexity index is 315. The highest BCUT2D eigenvalue weighted by molar-refractivity contribution is 7.80. The van der Waals surface area contributed by atoms with E-state index >= 15 is 0 Å². The van der Waals surface area contributed by atoms with Gasteiger partial charge in [0, 0.05) is 18.9 Å². The molecule has 0 aliphatic heterocycles. The van der Waals surface area contributed by atoms with Gasteiger partial charge in [-0.15, -0.1) is 0 Å². The normalized spacial score (nSPS) is 16.3. The van der Waals surface area contributed by atoms with E-state index in [9.17, 15) is 9.59 Å². The molecule has 90 valence electrons. The summed E-state index contributed by atoms with van der Waals surface area (Å²) in [6.45, 7) is 5.31. The number of rotatable bonds is 1. The number of ether oxygens (including phenoxy) is 1. The van der Waals surface area contributed by atoms with E-state index in [0.29, 0.717) is 12.8 Å². The third-order valence-corrected chi connectivity index (χ3v) is 2.12. The number of thiocarbonyl (C=S) groups is 1. The maximum absolute atomic E-state index is 11.3. The van der Waals surface area contributed by atoms with Crippen LogP contribution in [-0.4, -0.2) is 28.6 Å². The van der Waals surface area contributed by atoms with E-state index in [0.717, 1.165) is 0 Å². The minimum Gasteiger partial charge on any atom is -0.444 e. The Morgan fingerprint density at radius 2 is 2.00 bits per heavy atom. The molecule has 0 unspecified atom stereocenters. The molecule has 16 heavy (non-hydrogen) atoms. The number of carbonyl (C=O) groups is 2. The smallest absolute Gasteiger partial charge is 0.413 e. The molecule has 0 aromatic heterocycles. The molecule has 1 aliphatic carbocycles. The largest absolute Gasteiger partial charge is 0.444 e. The number of Topliss-reactive ketones (excluding diaryl/α,β-unsaturated/α-hetero) is 1. The number of nitrogens with one attached hydrogen (secondary N) is 2. The van der Waals surface area contributed by atoms with Crippen LogP contribution in [0.25, 0.3) is 0 Å². The number of carbonyl (C=O) groups excluding carboxylic acids is 2. The van der Waals surface area contributed by atoms with Crippen LogP contribution in [0.4, 0.5) is 4.79 Å². The maximum atomic E-state index is 11.3.